The number of aromatic nitrogens is 2. The van der Waals surface area contributed by atoms with Crippen LogP contribution >= 0.6 is 0 Å². The summed E-state index contributed by atoms with van der Waals surface area (Å²) >= 11 is 0. The van der Waals surface area contributed by atoms with E-state index in [4.69, 9.17) is 0 Å². The lowest BCUT2D eigenvalue weighted by molar-refractivity contribution is -0.137. The first-order valence-corrected chi connectivity index (χ1v) is 13.6. The molecule has 3 N–H and O–H groups in total. The van der Waals surface area contributed by atoms with Crippen LogP contribution in [0.2, 0.25) is 0 Å². The summed E-state index contributed by atoms with van der Waals surface area (Å²) in [5.41, 5.74) is 1.80. The van der Waals surface area contributed by atoms with Gasteiger partial charge in [0.1, 0.15) is 18.0 Å². The van der Waals surface area contributed by atoms with Crippen molar-refractivity contribution in [3.8, 4) is 0 Å². The Morgan fingerprint density at radius 3 is 2.57 bits per heavy atom. The Bertz CT molecular complexity index is 1510. The Hall–Kier alpha value is -4.39. The van der Waals surface area contributed by atoms with E-state index in [2.05, 4.69) is 30.8 Å². The molecule has 2 aliphatic heterocycles. The molecule has 10 nitrogen and oxygen atoms in total. The maximum atomic E-state index is 13.6. The van der Waals surface area contributed by atoms with Crippen molar-refractivity contribution in [1.29, 1.82) is 0 Å². The maximum Gasteiger partial charge on any atom is 0.416 e. The fraction of sp³-hybridized carbons (Fsp3) is 0.379. The molecule has 0 bridgehead atoms. The monoisotopic (exact) mass is 582 g/mol. The lowest BCUT2D eigenvalue weighted by atomic mass is 10.1. The minimum Gasteiger partial charge on any atom is -0.369 e. The molecule has 3 heterocycles. The number of carbonyl (C=O) groups excluding carboxylic acids is 2. The first-order valence-electron chi connectivity index (χ1n) is 13.6. The third-order valence-electron chi connectivity index (χ3n) is 7.82. The van der Waals surface area contributed by atoms with Crippen LogP contribution in [0.5, 0.6) is 0 Å². The van der Waals surface area contributed by atoms with Crippen LogP contribution in [-0.4, -0.2) is 73.6 Å². The van der Waals surface area contributed by atoms with Crippen molar-refractivity contribution >= 4 is 40.6 Å². The summed E-state index contributed by atoms with van der Waals surface area (Å²) in [6, 6.07) is 7.75. The molecular weight excluding hydrogens is 549 g/mol. The minimum absolute atomic E-state index is 0.0593. The third-order valence-corrected chi connectivity index (χ3v) is 7.82. The molecule has 1 aromatic heterocycles. The van der Waals surface area contributed by atoms with Crippen molar-refractivity contribution in [2.75, 3.05) is 66.5 Å². The van der Waals surface area contributed by atoms with Crippen LogP contribution < -0.4 is 25.8 Å². The molecule has 1 unspecified atom stereocenters. The Morgan fingerprint density at radius 1 is 1.07 bits per heavy atom. The lowest BCUT2D eigenvalue weighted by Crippen LogP contribution is -2.34. The van der Waals surface area contributed by atoms with Crippen molar-refractivity contribution in [2.45, 2.75) is 32.0 Å². The second kappa shape index (κ2) is 11.5. The second-order valence-corrected chi connectivity index (χ2v) is 10.7. The summed E-state index contributed by atoms with van der Waals surface area (Å²) < 4.78 is 40.8. The van der Waals surface area contributed by atoms with Gasteiger partial charge in [0.05, 0.1) is 16.9 Å². The van der Waals surface area contributed by atoms with Crippen LogP contribution in [0.1, 0.15) is 33.5 Å². The number of anilines is 5. The molecule has 3 amide bonds. The first kappa shape index (κ1) is 29.1. The summed E-state index contributed by atoms with van der Waals surface area (Å²) in [7, 11) is 5.41. The van der Waals surface area contributed by atoms with E-state index >= 15 is 0 Å². The van der Waals surface area contributed by atoms with Gasteiger partial charge < -0.3 is 25.8 Å². The molecule has 222 valence electrons. The number of hydrogen-bond donors (Lipinski definition) is 3. The normalized spacial score (nSPS) is 16.5. The van der Waals surface area contributed by atoms with Gasteiger partial charge in [-0.15, -0.1) is 0 Å². The van der Waals surface area contributed by atoms with Gasteiger partial charge in [-0.25, -0.2) is 14.8 Å². The van der Waals surface area contributed by atoms with Gasteiger partial charge in [0.25, 0.3) is 5.91 Å². The number of benzene rings is 2. The number of amides is 3. The summed E-state index contributed by atoms with van der Waals surface area (Å²) in [4.78, 5) is 40.5. The van der Waals surface area contributed by atoms with Crippen LogP contribution in [-0.2, 0) is 12.6 Å². The van der Waals surface area contributed by atoms with Crippen molar-refractivity contribution in [2.24, 2.45) is 0 Å². The molecule has 1 fully saturated rings. The zero-order chi connectivity index (χ0) is 30.2. The SMILES string of the molecule is Cc1ccc(C(=O)Nc2cc(C(F)(F)F)ccc2N(C)C2CCN(C)C2)cc1NC(=O)N(C)c1ncnc2c1CCN2. The molecular formula is C29H33F3N8O2. The summed E-state index contributed by atoms with van der Waals surface area (Å²) in [6.45, 7) is 4.12. The van der Waals surface area contributed by atoms with Crippen LogP contribution in [0, 0.1) is 6.92 Å². The summed E-state index contributed by atoms with van der Waals surface area (Å²) in [6.07, 6.45) is -1.65. The molecule has 2 aliphatic rings. The minimum atomic E-state index is -4.57. The Balaban J connectivity index is 1.38. The molecule has 5 rings (SSSR count). The molecule has 3 aromatic rings. The van der Waals surface area contributed by atoms with Gasteiger partial charge in [-0.1, -0.05) is 6.07 Å². The highest BCUT2D eigenvalue weighted by atomic mass is 19.4. The largest absolute Gasteiger partial charge is 0.416 e. The number of alkyl halides is 3. The van der Waals surface area contributed by atoms with Crippen LogP contribution in [0.25, 0.3) is 0 Å². The number of fused-ring (bicyclic) bond motifs is 1. The van der Waals surface area contributed by atoms with Crippen LogP contribution in [0.3, 0.4) is 0 Å². The number of nitrogens with zero attached hydrogens (tertiary/aromatic N) is 5. The summed E-state index contributed by atoms with van der Waals surface area (Å²) in [5.74, 6) is 0.564. The second-order valence-electron chi connectivity index (χ2n) is 10.7. The molecule has 0 saturated carbocycles. The molecule has 0 aliphatic carbocycles. The number of hydrogen-bond acceptors (Lipinski definition) is 7. The van der Waals surface area contributed by atoms with Crippen LogP contribution in [0.15, 0.2) is 42.7 Å². The number of rotatable bonds is 6. The van der Waals surface area contributed by atoms with Gasteiger partial charge >= 0.3 is 12.2 Å². The van der Waals surface area contributed by atoms with Gasteiger partial charge in [-0.05, 0) is 69.3 Å². The average molecular weight is 583 g/mol. The van der Waals surface area contributed by atoms with Gasteiger partial charge in [0.2, 0.25) is 0 Å². The van der Waals surface area contributed by atoms with Gasteiger partial charge in [0, 0.05) is 50.0 Å². The van der Waals surface area contributed by atoms with Gasteiger partial charge in [-0.3, -0.25) is 9.69 Å². The van der Waals surface area contributed by atoms with Crippen molar-refractivity contribution in [3.05, 3.63) is 65.0 Å². The predicted molar refractivity (Wildman–Crippen MR) is 157 cm³/mol. The van der Waals surface area contributed by atoms with E-state index in [0.29, 0.717) is 41.5 Å². The fourth-order valence-electron chi connectivity index (χ4n) is 5.31. The number of urea groups is 1. The van der Waals surface area contributed by atoms with E-state index in [9.17, 15) is 22.8 Å². The number of likely N-dealkylation sites (tertiary alicyclic amines) is 1. The highest BCUT2D eigenvalue weighted by molar-refractivity contribution is 6.08. The summed E-state index contributed by atoms with van der Waals surface area (Å²) in [5, 5.41) is 8.67. The molecule has 2 aromatic carbocycles. The zero-order valence-electron chi connectivity index (χ0n) is 23.8. The number of aryl methyl sites for hydroxylation is 1. The van der Waals surface area contributed by atoms with Crippen molar-refractivity contribution in [3.63, 3.8) is 0 Å². The maximum absolute atomic E-state index is 13.6. The Kier molecular flexibility index (Phi) is 7.95. The molecule has 0 spiro atoms. The molecule has 1 atom stereocenters. The van der Waals surface area contributed by atoms with E-state index in [1.165, 1.54) is 23.4 Å². The van der Waals surface area contributed by atoms with E-state index in [0.717, 1.165) is 37.2 Å². The predicted octanol–water partition coefficient (Wildman–Crippen LogP) is 4.83. The molecule has 42 heavy (non-hydrogen) atoms. The molecule has 1 saturated heterocycles. The highest BCUT2D eigenvalue weighted by Crippen LogP contribution is 2.37. The van der Waals surface area contributed by atoms with Gasteiger partial charge in [-0.2, -0.15) is 13.2 Å². The number of carbonyl (C=O) groups is 2. The van der Waals surface area contributed by atoms with Crippen molar-refractivity contribution < 1.29 is 22.8 Å². The average Bonchev–Trinajstić information content (AvgIpc) is 3.62. The van der Waals surface area contributed by atoms with Gasteiger partial charge in [0.15, 0.2) is 0 Å². The number of nitrogens with one attached hydrogen (secondary N) is 3. The quantitative estimate of drug-likeness (QED) is 0.382. The number of halogens is 3. The standard InChI is InChI=1S/C29H33F3N8O2/c1-17-5-6-18(13-22(17)37-28(42)40(4)26-21-9-11-33-25(21)34-16-35-26)27(41)36-23-14-19(29(30,31)32)7-8-24(23)39(3)20-10-12-38(2)15-20/h5-8,13-14,16,20H,9-12,15H2,1-4H3,(H,36,41)(H,37,42)(H,33,34,35). The van der Waals surface area contributed by atoms with Crippen LogP contribution in [0.4, 0.5) is 46.7 Å². The molecule has 13 heteroatoms. The lowest BCUT2D eigenvalue weighted by Gasteiger charge is -2.29. The highest BCUT2D eigenvalue weighted by Gasteiger charge is 2.33. The van der Waals surface area contributed by atoms with E-state index in [1.807, 2.05) is 19.0 Å². The molecule has 0 radical (unpaired) electrons. The third kappa shape index (κ3) is 5.96. The first-order chi connectivity index (χ1) is 19.9. The Labute approximate surface area is 241 Å². The Morgan fingerprint density at radius 2 is 1.86 bits per heavy atom. The smallest absolute Gasteiger partial charge is 0.369 e. The van der Waals surface area contributed by atoms with E-state index in [1.54, 1.807) is 26.1 Å². The zero-order valence-corrected chi connectivity index (χ0v) is 23.8. The van der Waals surface area contributed by atoms with Crippen molar-refractivity contribution in [1.82, 2.24) is 14.9 Å². The van der Waals surface area contributed by atoms with E-state index in [-0.39, 0.29) is 17.3 Å². The number of likely N-dealkylation sites (N-methyl/N-ethyl adjacent to an activating group) is 2. The fourth-order valence-corrected chi connectivity index (χ4v) is 5.31. The van der Waals surface area contributed by atoms with E-state index < -0.39 is 23.7 Å². The topological polar surface area (TPSA) is 106 Å².